The van der Waals surface area contributed by atoms with Crippen molar-refractivity contribution in [3.05, 3.63) is 57.8 Å². The molecule has 0 spiro atoms. The number of β-amino-alcohol motifs (C(OH)–C–C–N with tert-alkyl or cyclic N) is 1. The largest absolute Gasteiger partial charge is 0.417 e. The summed E-state index contributed by atoms with van der Waals surface area (Å²) in [6.45, 7) is 2.66. The fourth-order valence-electron chi connectivity index (χ4n) is 3.26. The molecule has 3 rings (SSSR count). The van der Waals surface area contributed by atoms with Crippen molar-refractivity contribution in [2.45, 2.75) is 18.9 Å². The molecule has 0 saturated carbocycles. The van der Waals surface area contributed by atoms with Crippen molar-refractivity contribution in [1.29, 1.82) is 0 Å². The maximum absolute atomic E-state index is 13.2. The quantitative estimate of drug-likeness (QED) is 0.737. The minimum Gasteiger partial charge on any atom is -0.389 e. The highest BCUT2D eigenvalue weighted by Gasteiger charge is 2.36. The van der Waals surface area contributed by atoms with E-state index >= 15 is 0 Å². The number of carbonyl (C=O) groups is 1. The molecule has 1 N–H and O–H groups in total. The lowest BCUT2D eigenvalue weighted by Crippen LogP contribution is -2.51. The topological polar surface area (TPSA) is 53.0 Å². The fraction of sp³-hybridized carbons (Fsp3) is 0.450. The highest BCUT2D eigenvalue weighted by Crippen LogP contribution is 2.32. The van der Waals surface area contributed by atoms with Crippen molar-refractivity contribution in [3.8, 4) is 0 Å². The van der Waals surface area contributed by atoms with Crippen LogP contribution < -0.4 is 0 Å². The van der Waals surface area contributed by atoms with Gasteiger partial charge in [-0.25, -0.2) is 0 Å². The van der Waals surface area contributed by atoms with E-state index in [0.29, 0.717) is 39.3 Å². The molecule has 0 radical (unpaired) electrons. The summed E-state index contributed by atoms with van der Waals surface area (Å²) < 4.78 is 45.0. The highest BCUT2D eigenvalue weighted by atomic mass is 32.1. The number of alkyl halides is 3. The summed E-state index contributed by atoms with van der Waals surface area (Å²) >= 11 is 1.59. The van der Waals surface area contributed by atoms with Gasteiger partial charge < -0.3 is 14.7 Å². The second kappa shape index (κ2) is 9.71. The number of ether oxygens (including phenoxy) is 1. The minimum atomic E-state index is -4.57. The first-order valence-corrected chi connectivity index (χ1v) is 10.2. The van der Waals surface area contributed by atoms with Crippen LogP contribution in [0.1, 0.15) is 20.8 Å². The van der Waals surface area contributed by atoms with Gasteiger partial charge in [0, 0.05) is 37.6 Å². The number of halogens is 3. The molecule has 158 valence electrons. The summed E-state index contributed by atoms with van der Waals surface area (Å²) in [5.74, 6) is -0.614. The van der Waals surface area contributed by atoms with Crippen molar-refractivity contribution >= 4 is 17.2 Å². The van der Waals surface area contributed by atoms with Crippen LogP contribution in [0, 0.1) is 0 Å². The molecular formula is C20H23F3N2O3S. The fourth-order valence-corrected chi connectivity index (χ4v) is 3.90. The molecule has 1 amide bonds. The molecule has 0 bridgehead atoms. The first-order valence-electron chi connectivity index (χ1n) is 9.30. The van der Waals surface area contributed by atoms with Crippen LogP contribution in [0.25, 0.3) is 0 Å². The van der Waals surface area contributed by atoms with E-state index in [2.05, 4.69) is 0 Å². The van der Waals surface area contributed by atoms with Crippen LogP contribution in [-0.2, 0) is 17.5 Å². The van der Waals surface area contributed by atoms with Gasteiger partial charge in [-0.3, -0.25) is 9.69 Å². The van der Waals surface area contributed by atoms with Gasteiger partial charge in [0.2, 0.25) is 0 Å². The molecule has 1 aromatic carbocycles. The van der Waals surface area contributed by atoms with Crippen LogP contribution in [0.2, 0.25) is 0 Å². The summed E-state index contributed by atoms with van der Waals surface area (Å²) in [5, 5.41) is 12.1. The number of rotatable bonds is 7. The molecule has 0 aliphatic carbocycles. The summed E-state index contributed by atoms with van der Waals surface area (Å²) in [6.07, 6.45) is -5.23. The Balaban J connectivity index is 1.46. The summed E-state index contributed by atoms with van der Waals surface area (Å²) in [4.78, 5) is 17.1. The molecule has 2 heterocycles. The van der Waals surface area contributed by atoms with Crippen LogP contribution in [0.5, 0.6) is 0 Å². The van der Waals surface area contributed by atoms with Gasteiger partial charge in [0.15, 0.2) is 0 Å². The molecule has 29 heavy (non-hydrogen) atoms. The number of thiophene rings is 1. The molecule has 1 aliphatic rings. The number of aliphatic hydroxyl groups is 1. The Kier molecular flexibility index (Phi) is 7.28. The first-order chi connectivity index (χ1) is 13.8. The van der Waals surface area contributed by atoms with E-state index in [-0.39, 0.29) is 12.2 Å². The van der Waals surface area contributed by atoms with Crippen molar-refractivity contribution < 1.29 is 27.8 Å². The van der Waals surface area contributed by atoms with Crippen LogP contribution in [-0.4, -0.2) is 66.2 Å². The van der Waals surface area contributed by atoms with E-state index in [4.69, 9.17) is 4.74 Å². The zero-order chi connectivity index (χ0) is 20.9. The van der Waals surface area contributed by atoms with Crippen LogP contribution >= 0.6 is 11.3 Å². The zero-order valence-corrected chi connectivity index (χ0v) is 16.6. The van der Waals surface area contributed by atoms with E-state index in [1.165, 1.54) is 23.1 Å². The average Bonchev–Trinajstić information content (AvgIpc) is 3.21. The molecule has 1 saturated heterocycles. The number of carbonyl (C=O) groups excluding carboxylic acids is 1. The second-order valence-corrected chi connectivity index (χ2v) is 7.92. The summed E-state index contributed by atoms with van der Waals surface area (Å²) in [5.41, 5.74) is -1.23. The van der Waals surface area contributed by atoms with E-state index in [1.54, 1.807) is 11.3 Å². The monoisotopic (exact) mass is 428 g/mol. The van der Waals surface area contributed by atoms with E-state index in [0.717, 1.165) is 10.9 Å². The third kappa shape index (κ3) is 6.02. The SMILES string of the molecule is O=C(c1ccccc1C(F)(F)F)N1CCN(C[C@@H](O)COCc2cccs2)CC1. The molecule has 9 heteroatoms. The van der Waals surface area contributed by atoms with E-state index in [9.17, 15) is 23.1 Å². The van der Waals surface area contributed by atoms with Crippen molar-refractivity contribution in [1.82, 2.24) is 9.80 Å². The predicted octanol–water partition coefficient (Wildman–Crippen LogP) is 3.10. The van der Waals surface area contributed by atoms with Gasteiger partial charge in [-0.15, -0.1) is 11.3 Å². The van der Waals surface area contributed by atoms with Gasteiger partial charge in [-0.2, -0.15) is 13.2 Å². The van der Waals surface area contributed by atoms with Gasteiger partial charge in [-0.05, 0) is 23.6 Å². The van der Waals surface area contributed by atoms with Crippen LogP contribution in [0.4, 0.5) is 13.2 Å². The smallest absolute Gasteiger partial charge is 0.389 e. The summed E-state index contributed by atoms with van der Waals surface area (Å²) in [6, 6.07) is 8.75. The minimum absolute atomic E-state index is 0.204. The van der Waals surface area contributed by atoms with Crippen LogP contribution in [0.15, 0.2) is 41.8 Å². The standard InChI is InChI=1S/C20H23F3N2O3S/c21-20(22,23)18-6-2-1-5-17(18)19(27)25-9-7-24(8-10-25)12-15(26)13-28-14-16-4-3-11-29-16/h1-6,11,15,26H,7-10,12-14H2/t15-/m1/s1. The normalized spacial score (nSPS) is 16.8. The average molecular weight is 428 g/mol. The third-order valence-electron chi connectivity index (χ3n) is 4.73. The number of amides is 1. The molecule has 1 aliphatic heterocycles. The highest BCUT2D eigenvalue weighted by molar-refractivity contribution is 7.09. The molecule has 0 unspecified atom stereocenters. The predicted molar refractivity (Wildman–Crippen MR) is 104 cm³/mol. The Morgan fingerprint density at radius 3 is 2.52 bits per heavy atom. The Morgan fingerprint density at radius 2 is 1.86 bits per heavy atom. The van der Waals surface area contributed by atoms with Crippen molar-refractivity contribution in [2.75, 3.05) is 39.3 Å². The maximum atomic E-state index is 13.2. The summed E-state index contributed by atoms with van der Waals surface area (Å²) in [7, 11) is 0. The Bertz CT molecular complexity index is 791. The Labute approximate surface area is 171 Å². The maximum Gasteiger partial charge on any atom is 0.417 e. The number of hydrogen-bond acceptors (Lipinski definition) is 5. The Hall–Kier alpha value is -1.94. The molecule has 1 atom stereocenters. The molecule has 2 aromatic rings. The number of hydrogen-bond donors (Lipinski definition) is 1. The van der Waals surface area contributed by atoms with E-state index in [1.807, 2.05) is 22.4 Å². The molecule has 5 nitrogen and oxygen atoms in total. The molecule has 1 fully saturated rings. The van der Waals surface area contributed by atoms with Gasteiger partial charge in [-0.1, -0.05) is 18.2 Å². The lowest BCUT2D eigenvalue weighted by molar-refractivity contribution is -0.138. The van der Waals surface area contributed by atoms with Gasteiger partial charge >= 0.3 is 6.18 Å². The number of benzene rings is 1. The number of aliphatic hydroxyl groups excluding tert-OH is 1. The number of piperazine rings is 1. The third-order valence-corrected chi connectivity index (χ3v) is 5.58. The van der Waals surface area contributed by atoms with Gasteiger partial charge in [0.05, 0.1) is 30.4 Å². The zero-order valence-electron chi connectivity index (χ0n) is 15.8. The lowest BCUT2D eigenvalue weighted by Gasteiger charge is -2.36. The van der Waals surface area contributed by atoms with Gasteiger partial charge in [0.1, 0.15) is 0 Å². The Morgan fingerprint density at radius 1 is 1.14 bits per heavy atom. The van der Waals surface area contributed by atoms with Crippen molar-refractivity contribution in [3.63, 3.8) is 0 Å². The van der Waals surface area contributed by atoms with Gasteiger partial charge in [0.25, 0.3) is 5.91 Å². The molecular weight excluding hydrogens is 405 g/mol. The number of nitrogens with zero attached hydrogens (tertiary/aromatic N) is 2. The lowest BCUT2D eigenvalue weighted by atomic mass is 10.1. The van der Waals surface area contributed by atoms with Crippen molar-refractivity contribution in [2.24, 2.45) is 0 Å². The first kappa shape index (κ1) is 21.8. The second-order valence-electron chi connectivity index (χ2n) is 6.88. The molecule has 1 aromatic heterocycles. The van der Waals surface area contributed by atoms with E-state index < -0.39 is 23.8 Å². The van der Waals surface area contributed by atoms with Crippen LogP contribution in [0.3, 0.4) is 0 Å².